The molecule has 0 saturated heterocycles. The van der Waals surface area contributed by atoms with E-state index < -0.39 is 16.9 Å². The van der Waals surface area contributed by atoms with Crippen molar-refractivity contribution < 1.29 is 24.1 Å². The van der Waals surface area contributed by atoms with Gasteiger partial charge in [-0.2, -0.15) is 0 Å². The number of ether oxygens (including phenoxy) is 1. The molecule has 1 aliphatic rings. The van der Waals surface area contributed by atoms with E-state index in [0.29, 0.717) is 18.7 Å². The highest BCUT2D eigenvalue weighted by Crippen LogP contribution is 2.34. The topological polar surface area (TPSA) is 114 Å². The highest BCUT2D eigenvalue weighted by atomic mass is 16.7. The van der Waals surface area contributed by atoms with E-state index in [1.807, 2.05) is 84.9 Å². The zero-order chi connectivity index (χ0) is 30.2. The van der Waals surface area contributed by atoms with Gasteiger partial charge in [0, 0.05) is 30.5 Å². The number of nitro benzene ring substituents is 1. The van der Waals surface area contributed by atoms with Gasteiger partial charge in [-0.3, -0.25) is 24.5 Å². The summed E-state index contributed by atoms with van der Waals surface area (Å²) in [6, 6.07) is 29.6. The van der Waals surface area contributed by atoms with E-state index in [4.69, 9.17) is 9.57 Å². The summed E-state index contributed by atoms with van der Waals surface area (Å²) in [4.78, 5) is 46.8. The Morgan fingerprint density at radius 1 is 0.884 bits per heavy atom. The molecule has 0 aromatic heterocycles. The summed E-state index contributed by atoms with van der Waals surface area (Å²) in [6.45, 7) is 0.463. The fraction of sp³-hybridized carbons (Fsp3) is 0.152. The molecule has 2 amide bonds. The van der Waals surface area contributed by atoms with Crippen molar-refractivity contribution in [2.75, 3.05) is 12.0 Å². The summed E-state index contributed by atoms with van der Waals surface area (Å²) < 4.78 is 5.23. The molecule has 1 N–H and O–H groups in total. The molecule has 43 heavy (non-hydrogen) atoms. The van der Waals surface area contributed by atoms with E-state index >= 15 is 0 Å². The molecule has 0 saturated carbocycles. The van der Waals surface area contributed by atoms with E-state index in [0.717, 1.165) is 16.7 Å². The zero-order valence-corrected chi connectivity index (χ0v) is 23.5. The molecule has 4 aromatic carbocycles. The number of nitrogens with zero attached hydrogens (tertiary/aromatic N) is 3. The second kappa shape index (κ2) is 13.5. The molecule has 1 aliphatic heterocycles. The highest BCUT2D eigenvalue weighted by molar-refractivity contribution is 5.96. The number of anilines is 1. The minimum Gasteiger partial charge on any atom is -0.497 e. The van der Waals surface area contributed by atoms with Gasteiger partial charge in [0.1, 0.15) is 17.5 Å². The summed E-state index contributed by atoms with van der Waals surface area (Å²) in [6.07, 6.45) is 3.61. The standard InChI is InChI=1S/C33H30N4O6/c1-42-28-15-12-25(13-16-28)22-35-18-19-36(31(33(35)39)20-24-8-4-2-5-9-24)29-17-14-27(21-30(29)37(40)41)32(38)34-43-23-26-10-6-3-7-11-26/h2-19,21,31H,20,22-23H2,1H3,(H,34,38)/t31-/m0/s1. The van der Waals surface area contributed by atoms with Crippen LogP contribution in [0.15, 0.2) is 116 Å². The maximum absolute atomic E-state index is 13.9. The van der Waals surface area contributed by atoms with Crippen molar-refractivity contribution in [3.63, 3.8) is 0 Å². The van der Waals surface area contributed by atoms with Crippen molar-refractivity contribution in [2.24, 2.45) is 0 Å². The molecular weight excluding hydrogens is 548 g/mol. The van der Waals surface area contributed by atoms with Crippen LogP contribution in [0.1, 0.15) is 27.0 Å². The summed E-state index contributed by atoms with van der Waals surface area (Å²) >= 11 is 0. The third kappa shape index (κ3) is 7.06. The summed E-state index contributed by atoms with van der Waals surface area (Å²) in [5, 5.41) is 12.2. The van der Waals surface area contributed by atoms with Crippen LogP contribution >= 0.6 is 0 Å². The van der Waals surface area contributed by atoms with E-state index in [1.165, 1.54) is 18.2 Å². The van der Waals surface area contributed by atoms with E-state index in [1.54, 1.807) is 29.3 Å². The van der Waals surface area contributed by atoms with Gasteiger partial charge in [-0.25, -0.2) is 5.48 Å². The largest absolute Gasteiger partial charge is 0.497 e. The fourth-order valence-electron chi connectivity index (χ4n) is 4.82. The second-order valence-electron chi connectivity index (χ2n) is 9.89. The first-order valence-corrected chi connectivity index (χ1v) is 13.6. The number of carbonyl (C=O) groups is 2. The second-order valence-corrected chi connectivity index (χ2v) is 9.89. The van der Waals surface area contributed by atoms with Crippen LogP contribution in [-0.2, 0) is 29.2 Å². The Bertz CT molecular complexity index is 1610. The molecule has 5 rings (SSSR count). The predicted octanol–water partition coefficient (Wildman–Crippen LogP) is 5.40. The molecule has 10 nitrogen and oxygen atoms in total. The number of amides is 2. The van der Waals surface area contributed by atoms with Gasteiger partial charge >= 0.3 is 0 Å². The quantitative estimate of drug-likeness (QED) is 0.187. The third-order valence-corrected chi connectivity index (χ3v) is 7.05. The molecule has 0 bridgehead atoms. The maximum atomic E-state index is 13.9. The highest BCUT2D eigenvalue weighted by Gasteiger charge is 2.35. The molecule has 0 unspecified atom stereocenters. The number of methoxy groups -OCH3 is 1. The molecule has 1 heterocycles. The molecule has 0 radical (unpaired) electrons. The third-order valence-electron chi connectivity index (χ3n) is 7.05. The average molecular weight is 579 g/mol. The van der Waals surface area contributed by atoms with Crippen molar-refractivity contribution in [1.29, 1.82) is 0 Å². The normalized spacial score (nSPS) is 14.4. The van der Waals surface area contributed by atoms with Crippen LogP contribution in [0.4, 0.5) is 11.4 Å². The van der Waals surface area contributed by atoms with Gasteiger partial charge < -0.3 is 14.5 Å². The number of rotatable bonds is 11. The summed E-state index contributed by atoms with van der Waals surface area (Å²) in [5.41, 5.74) is 4.94. The SMILES string of the molecule is COc1ccc(CN2C=CN(c3ccc(C(=O)NOCc4ccccc4)cc3[N+](=O)[O-])[C@@H](Cc3ccccc3)C2=O)cc1. The van der Waals surface area contributed by atoms with E-state index in [9.17, 15) is 19.7 Å². The van der Waals surface area contributed by atoms with Crippen molar-refractivity contribution in [3.8, 4) is 5.75 Å². The molecule has 4 aromatic rings. The number of hydrogen-bond acceptors (Lipinski definition) is 7. The summed E-state index contributed by atoms with van der Waals surface area (Å²) in [7, 11) is 1.59. The van der Waals surface area contributed by atoms with Crippen molar-refractivity contribution in [1.82, 2.24) is 10.4 Å². The van der Waals surface area contributed by atoms with Crippen LogP contribution in [0, 0.1) is 10.1 Å². The first kappa shape index (κ1) is 29.0. The van der Waals surface area contributed by atoms with Crippen LogP contribution in [0.2, 0.25) is 0 Å². The van der Waals surface area contributed by atoms with Crippen LogP contribution in [0.25, 0.3) is 0 Å². The lowest BCUT2D eigenvalue weighted by Gasteiger charge is -2.37. The monoisotopic (exact) mass is 578 g/mol. The smallest absolute Gasteiger partial charge is 0.293 e. The Hall–Kier alpha value is -5.48. The minimum absolute atomic E-state index is 0.0524. The number of nitrogens with one attached hydrogen (secondary N) is 1. The lowest BCUT2D eigenvalue weighted by molar-refractivity contribution is -0.384. The summed E-state index contributed by atoms with van der Waals surface area (Å²) in [5.74, 6) is -0.125. The molecule has 218 valence electrons. The van der Waals surface area contributed by atoms with Gasteiger partial charge in [-0.05, 0) is 41.0 Å². The first-order chi connectivity index (χ1) is 20.9. The van der Waals surface area contributed by atoms with Crippen molar-refractivity contribution in [2.45, 2.75) is 25.6 Å². The lowest BCUT2D eigenvalue weighted by Crippen LogP contribution is -2.49. The van der Waals surface area contributed by atoms with Crippen LogP contribution < -0.4 is 15.1 Å². The van der Waals surface area contributed by atoms with Crippen molar-refractivity contribution in [3.05, 3.63) is 148 Å². The minimum atomic E-state index is -0.766. The van der Waals surface area contributed by atoms with E-state index in [-0.39, 0.29) is 29.5 Å². The molecule has 1 atom stereocenters. The molecule has 10 heteroatoms. The molecule has 0 fully saturated rings. The number of benzene rings is 4. The maximum Gasteiger partial charge on any atom is 0.293 e. The molecule has 0 spiro atoms. The van der Waals surface area contributed by atoms with Crippen LogP contribution in [0.5, 0.6) is 5.75 Å². The first-order valence-electron chi connectivity index (χ1n) is 13.6. The van der Waals surface area contributed by atoms with Gasteiger partial charge in [0.15, 0.2) is 0 Å². The van der Waals surface area contributed by atoms with Crippen LogP contribution in [-0.4, -0.2) is 34.8 Å². The number of hydrogen-bond donors (Lipinski definition) is 1. The zero-order valence-electron chi connectivity index (χ0n) is 23.5. The Kier molecular flexibility index (Phi) is 9.08. The van der Waals surface area contributed by atoms with Gasteiger partial charge in [0.2, 0.25) is 5.91 Å². The number of hydroxylamine groups is 1. The van der Waals surface area contributed by atoms with E-state index in [2.05, 4.69) is 5.48 Å². The fourth-order valence-corrected chi connectivity index (χ4v) is 4.82. The number of nitro groups is 1. The molecular formula is C33H30N4O6. The van der Waals surface area contributed by atoms with Gasteiger partial charge in [0.25, 0.3) is 11.6 Å². The Morgan fingerprint density at radius 2 is 1.56 bits per heavy atom. The average Bonchev–Trinajstić information content (AvgIpc) is 3.04. The van der Waals surface area contributed by atoms with Crippen molar-refractivity contribution >= 4 is 23.2 Å². The molecule has 0 aliphatic carbocycles. The number of carbonyl (C=O) groups excluding carboxylic acids is 2. The Labute approximate surface area is 248 Å². The predicted molar refractivity (Wildman–Crippen MR) is 161 cm³/mol. The Balaban J connectivity index is 1.40. The van der Waals surface area contributed by atoms with Crippen LogP contribution in [0.3, 0.4) is 0 Å². The van der Waals surface area contributed by atoms with Gasteiger partial charge in [0.05, 0.1) is 25.2 Å². The lowest BCUT2D eigenvalue weighted by atomic mass is 10.0. The van der Waals surface area contributed by atoms with Gasteiger partial charge in [-0.1, -0.05) is 72.8 Å². The van der Waals surface area contributed by atoms with Gasteiger partial charge in [-0.15, -0.1) is 0 Å². The Morgan fingerprint density at radius 3 is 2.21 bits per heavy atom.